The Hall–Kier alpha value is -1.55. The lowest BCUT2D eigenvalue weighted by molar-refractivity contribution is 0.124. The summed E-state index contributed by atoms with van der Waals surface area (Å²) >= 11 is 5.73. The minimum absolute atomic E-state index is 0.00323. The van der Waals surface area contributed by atoms with Crippen molar-refractivity contribution in [3.05, 3.63) is 40.8 Å². The highest BCUT2D eigenvalue weighted by molar-refractivity contribution is 7.89. The monoisotopic (exact) mass is 416 g/mol. The number of aryl methyl sites for hydroxylation is 1. The molecule has 0 amide bonds. The molecule has 0 saturated carbocycles. The summed E-state index contributed by atoms with van der Waals surface area (Å²) in [7, 11) is -3.71. The second kappa shape index (κ2) is 8.22. The molecule has 2 heterocycles. The third kappa shape index (κ3) is 4.31. The standard InChI is InChI=1S/C17H22ClFN4O3S/c1-3-4-16-20-17(26-21-16)12(2)22-7-9-23(10-8-22)27(24,25)13-5-6-15(19)14(18)11-13/h5-6,11-12H,3-4,7-10H2,1-2H3. The Balaban J connectivity index is 1.66. The van der Waals surface area contributed by atoms with E-state index in [9.17, 15) is 12.8 Å². The van der Waals surface area contributed by atoms with E-state index >= 15 is 0 Å². The zero-order chi connectivity index (χ0) is 19.6. The lowest BCUT2D eigenvalue weighted by Gasteiger charge is -2.36. The van der Waals surface area contributed by atoms with Gasteiger partial charge < -0.3 is 4.52 Å². The number of sulfonamides is 1. The van der Waals surface area contributed by atoms with Crippen LogP contribution in [0.4, 0.5) is 4.39 Å². The van der Waals surface area contributed by atoms with E-state index in [-0.39, 0.29) is 16.0 Å². The van der Waals surface area contributed by atoms with Crippen molar-refractivity contribution >= 4 is 21.6 Å². The van der Waals surface area contributed by atoms with Crippen LogP contribution < -0.4 is 0 Å². The van der Waals surface area contributed by atoms with E-state index in [1.54, 1.807) is 0 Å². The number of benzene rings is 1. The highest BCUT2D eigenvalue weighted by atomic mass is 35.5. The van der Waals surface area contributed by atoms with Crippen LogP contribution in [-0.4, -0.2) is 53.9 Å². The number of halogens is 2. The van der Waals surface area contributed by atoms with Gasteiger partial charge in [0.25, 0.3) is 0 Å². The second-order valence-corrected chi connectivity index (χ2v) is 8.84. The van der Waals surface area contributed by atoms with Gasteiger partial charge in [0.2, 0.25) is 15.9 Å². The van der Waals surface area contributed by atoms with Crippen molar-refractivity contribution in [2.75, 3.05) is 26.2 Å². The van der Waals surface area contributed by atoms with Crippen LogP contribution in [0, 0.1) is 5.82 Å². The van der Waals surface area contributed by atoms with E-state index in [1.807, 2.05) is 13.8 Å². The Morgan fingerprint density at radius 2 is 2.00 bits per heavy atom. The van der Waals surface area contributed by atoms with E-state index in [0.29, 0.717) is 37.9 Å². The first-order valence-corrected chi connectivity index (χ1v) is 10.7. The molecule has 1 atom stereocenters. The largest absolute Gasteiger partial charge is 0.338 e. The summed E-state index contributed by atoms with van der Waals surface area (Å²) < 4.78 is 45.5. The van der Waals surface area contributed by atoms with Crippen molar-refractivity contribution < 1.29 is 17.3 Å². The van der Waals surface area contributed by atoms with Crippen LogP contribution in [0.1, 0.15) is 38.0 Å². The maximum absolute atomic E-state index is 13.3. The molecule has 27 heavy (non-hydrogen) atoms. The summed E-state index contributed by atoms with van der Waals surface area (Å²) in [6.45, 7) is 5.71. The molecule has 1 aliphatic heterocycles. The Morgan fingerprint density at radius 3 is 2.63 bits per heavy atom. The summed E-state index contributed by atoms with van der Waals surface area (Å²) in [5.41, 5.74) is 0. The molecule has 1 fully saturated rings. The van der Waals surface area contributed by atoms with Crippen LogP contribution >= 0.6 is 11.6 Å². The summed E-state index contributed by atoms with van der Waals surface area (Å²) in [5.74, 6) is 0.588. The number of nitrogens with zero attached hydrogens (tertiary/aromatic N) is 4. The topological polar surface area (TPSA) is 79.5 Å². The molecule has 0 bridgehead atoms. The van der Waals surface area contributed by atoms with Crippen molar-refractivity contribution in [3.63, 3.8) is 0 Å². The SMILES string of the molecule is CCCc1noc(C(C)N2CCN(S(=O)(=O)c3ccc(F)c(Cl)c3)CC2)n1. The third-order valence-electron chi connectivity index (χ3n) is 4.66. The van der Waals surface area contributed by atoms with Gasteiger partial charge in [-0.1, -0.05) is 23.7 Å². The fourth-order valence-corrected chi connectivity index (χ4v) is 4.73. The molecule has 0 aliphatic carbocycles. The fourth-order valence-electron chi connectivity index (χ4n) is 3.04. The first-order valence-electron chi connectivity index (χ1n) is 8.84. The average molecular weight is 417 g/mol. The van der Waals surface area contributed by atoms with Gasteiger partial charge in [0.1, 0.15) is 5.82 Å². The molecule has 3 rings (SSSR count). The summed E-state index contributed by atoms with van der Waals surface area (Å²) in [6.07, 6.45) is 1.71. The lowest BCUT2D eigenvalue weighted by Crippen LogP contribution is -2.49. The van der Waals surface area contributed by atoms with Crippen LogP contribution in [-0.2, 0) is 16.4 Å². The van der Waals surface area contributed by atoms with Crippen LogP contribution in [0.5, 0.6) is 0 Å². The second-order valence-electron chi connectivity index (χ2n) is 6.49. The summed E-state index contributed by atoms with van der Waals surface area (Å²) in [4.78, 5) is 6.51. The molecule has 1 aliphatic rings. The maximum atomic E-state index is 13.3. The Bertz CT molecular complexity index is 897. The van der Waals surface area contributed by atoms with Gasteiger partial charge in [-0.3, -0.25) is 4.90 Å². The van der Waals surface area contributed by atoms with Gasteiger partial charge in [-0.2, -0.15) is 9.29 Å². The summed E-state index contributed by atoms with van der Waals surface area (Å²) in [6, 6.07) is 3.36. The zero-order valence-electron chi connectivity index (χ0n) is 15.2. The van der Waals surface area contributed by atoms with Crippen molar-refractivity contribution in [1.29, 1.82) is 0 Å². The number of piperazine rings is 1. The van der Waals surface area contributed by atoms with Gasteiger partial charge in [-0.05, 0) is 31.5 Å². The van der Waals surface area contributed by atoms with Crippen molar-refractivity contribution in [2.24, 2.45) is 0 Å². The highest BCUT2D eigenvalue weighted by Crippen LogP contribution is 2.25. The fraction of sp³-hybridized carbons (Fsp3) is 0.529. The first kappa shape index (κ1) is 20.2. The zero-order valence-corrected chi connectivity index (χ0v) is 16.8. The molecular weight excluding hydrogens is 395 g/mol. The van der Waals surface area contributed by atoms with Gasteiger partial charge in [0.15, 0.2) is 5.82 Å². The summed E-state index contributed by atoms with van der Waals surface area (Å²) in [5, 5.41) is 3.76. The molecule has 0 N–H and O–H groups in total. The molecule has 148 valence electrons. The number of hydrogen-bond acceptors (Lipinski definition) is 6. The van der Waals surface area contributed by atoms with Gasteiger partial charge in [-0.25, -0.2) is 12.8 Å². The van der Waals surface area contributed by atoms with Crippen LogP contribution in [0.3, 0.4) is 0 Å². The van der Waals surface area contributed by atoms with Crippen molar-refractivity contribution in [3.8, 4) is 0 Å². The molecule has 7 nitrogen and oxygen atoms in total. The maximum Gasteiger partial charge on any atom is 0.243 e. The van der Waals surface area contributed by atoms with E-state index < -0.39 is 15.8 Å². The van der Waals surface area contributed by atoms with Crippen LogP contribution in [0.25, 0.3) is 0 Å². The van der Waals surface area contributed by atoms with Gasteiger partial charge in [0.05, 0.1) is 16.0 Å². The third-order valence-corrected chi connectivity index (χ3v) is 6.85. The predicted octanol–water partition coefficient (Wildman–Crippen LogP) is 2.88. The predicted molar refractivity (Wildman–Crippen MR) is 98.4 cm³/mol. The van der Waals surface area contributed by atoms with Crippen molar-refractivity contribution in [1.82, 2.24) is 19.3 Å². The van der Waals surface area contributed by atoms with E-state index in [1.165, 1.54) is 10.4 Å². The normalized spacial score (nSPS) is 17.9. The van der Waals surface area contributed by atoms with Gasteiger partial charge in [0, 0.05) is 32.6 Å². The van der Waals surface area contributed by atoms with Gasteiger partial charge >= 0.3 is 0 Å². The Kier molecular flexibility index (Phi) is 6.15. The minimum Gasteiger partial charge on any atom is -0.338 e. The molecular formula is C17H22ClFN4O3S. The van der Waals surface area contributed by atoms with Crippen LogP contribution in [0.15, 0.2) is 27.6 Å². The average Bonchev–Trinajstić information content (AvgIpc) is 3.12. The lowest BCUT2D eigenvalue weighted by atomic mass is 10.2. The first-order chi connectivity index (χ1) is 12.8. The molecule has 1 aromatic heterocycles. The molecule has 1 unspecified atom stereocenters. The molecule has 0 radical (unpaired) electrons. The quantitative estimate of drug-likeness (QED) is 0.720. The molecule has 0 spiro atoms. The molecule has 10 heteroatoms. The molecule has 1 aromatic carbocycles. The molecule has 1 saturated heterocycles. The number of hydrogen-bond donors (Lipinski definition) is 0. The minimum atomic E-state index is -3.71. The number of rotatable bonds is 6. The highest BCUT2D eigenvalue weighted by Gasteiger charge is 2.32. The smallest absolute Gasteiger partial charge is 0.243 e. The van der Waals surface area contributed by atoms with E-state index in [0.717, 1.165) is 25.0 Å². The Morgan fingerprint density at radius 1 is 1.30 bits per heavy atom. The van der Waals surface area contributed by atoms with Crippen LogP contribution in [0.2, 0.25) is 5.02 Å². The van der Waals surface area contributed by atoms with Gasteiger partial charge in [-0.15, -0.1) is 0 Å². The Labute approximate surface area is 163 Å². The van der Waals surface area contributed by atoms with E-state index in [2.05, 4.69) is 15.0 Å². The number of aromatic nitrogens is 2. The van der Waals surface area contributed by atoms with E-state index in [4.69, 9.17) is 16.1 Å². The molecule has 2 aromatic rings. The van der Waals surface area contributed by atoms with Crippen molar-refractivity contribution in [2.45, 2.75) is 37.6 Å².